The zero-order chi connectivity index (χ0) is 30.9. The molecule has 0 spiro atoms. The number of amides is 1. The van der Waals surface area contributed by atoms with E-state index in [0.29, 0.717) is 12.0 Å². The van der Waals surface area contributed by atoms with Crippen molar-refractivity contribution in [2.75, 3.05) is 25.6 Å². The maximum Gasteiger partial charge on any atom is 0.417 e. The van der Waals surface area contributed by atoms with Gasteiger partial charge in [-0.25, -0.2) is 12.7 Å². The molecule has 2 aromatic carbocycles. The number of ether oxygens (including phenoxy) is 1. The van der Waals surface area contributed by atoms with Crippen LogP contribution in [0.2, 0.25) is 0 Å². The fraction of sp³-hybridized carbons (Fsp3) is 0.483. The summed E-state index contributed by atoms with van der Waals surface area (Å²) in [6, 6.07) is 11.2. The van der Waals surface area contributed by atoms with Gasteiger partial charge in [0.1, 0.15) is 5.75 Å². The molecule has 1 saturated carbocycles. The predicted octanol–water partition coefficient (Wildman–Crippen LogP) is 6.82. The summed E-state index contributed by atoms with van der Waals surface area (Å²) in [4.78, 5) is 15.2. The van der Waals surface area contributed by atoms with Crippen LogP contribution in [-0.4, -0.2) is 56.9 Å². The molecule has 0 N–H and O–H groups in total. The van der Waals surface area contributed by atoms with Crippen LogP contribution in [-0.2, 0) is 20.4 Å². The molecule has 42 heavy (non-hydrogen) atoms. The number of hydrogen-bond acceptors (Lipinski definition) is 5. The van der Waals surface area contributed by atoms with Gasteiger partial charge < -0.3 is 9.64 Å². The Kier molecular flexibility index (Phi) is 8.92. The largest absolute Gasteiger partial charge is 0.494 e. The van der Waals surface area contributed by atoms with Crippen LogP contribution in [0.4, 0.5) is 32.0 Å². The Morgan fingerprint density at radius 3 is 2.07 bits per heavy atom. The van der Waals surface area contributed by atoms with Gasteiger partial charge >= 0.3 is 12.4 Å². The molecular weight excluding hydrogens is 586 g/mol. The number of rotatable bonds is 11. The molecule has 1 amide bonds. The maximum atomic E-state index is 15.3. The molecule has 0 radical (unpaired) electrons. The third kappa shape index (κ3) is 6.71. The molecule has 1 unspecified atom stereocenters. The summed E-state index contributed by atoms with van der Waals surface area (Å²) in [5, 5.41) is -1.07. The standard InChI is InChI=1S/C29H32F6N2O4S/c1-36(2)23-10-6-20(7-11-23)21-18-26(38)37(42(39,40)25-14-15-25)27(19-21,29(33,34)35)22-8-12-24(13-9-22)41-17-5-3-4-16-28(30,31)32/h6-13,18,25H,3-5,14-17,19H2,1-2H3. The van der Waals surface area contributed by atoms with Crippen LogP contribution in [0.25, 0.3) is 5.57 Å². The lowest BCUT2D eigenvalue weighted by Gasteiger charge is -2.46. The van der Waals surface area contributed by atoms with Crippen LogP contribution in [0.1, 0.15) is 56.1 Å². The van der Waals surface area contributed by atoms with E-state index in [4.69, 9.17) is 4.74 Å². The van der Waals surface area contributed by atoms with Crippen molar-refractivity contribution in [3.8, 4) is 5.75 Å². The molecule has 2 aliphatic rings. The van der Waals surface area contributed by atoms with Crippen LogP contribution in [0.5, 0.6) is 5.75 Å². The number of benzene rings is 2. The summed E-state index contributed by atoms with van der Waals surface area (Å²) >= 11 is 0. The van der Waals surface area contributed by atoms with Crippen LogP contribution < -0.4 is 9.64 Å². The van der Waals surface area contributed by atoms with Crippen molar-refractivity contribution >= 4 is 27.2 Å². The Hall–Kier alpha value is -3.22. The van der Waals surface area contributed by atoms with Gasteiger partial charge in [0.2, 0.25) is 10.0 Å². The quantitative estimate of drug-likeness (QED) is 0.204. The first-order chi connectivity index (χ1) is 19.6. The van der Waals surface area contributed by atoms with E-state index in [1.165, 1.54) is 12.1 Å². The molecule has 0 aromatic heterocycles. The Balaban J connectivity index is 1.67. The SMILES string of the molecule is CN(C)c1ccc(C2=CC(=O)N(S(=O)(=O)C3CC3)C(c3ccc(OCCCCCC(F)(F)F)cc3)(C(F)(F)F)C2)cc1. The second kappa shape index (κ2) is 11.8. The molecular formula is C29H32F6N2O4S. The van der Waals surface area contributed by atoms with E-state index in [1.54, 1.807) is 43.3 Å². The van der Waals surface area contributed by atoms with Gasteiger partial charge in [-0.1, -0.05) is 24.3 Å². The highest BCUT2D eigenvalue weighted by atomic mass is 32.2. The van der Waals surface area contributed by atoms with Crippen molar-refractivity contribution in [1.82, 2.24) is 4.31 Å². The van der Waals surface area contributed by atoms with Crippen molar-refractivity contribution in [1.29, 1.82) is 0 Å². The van der Waals surface area contributed by atoms with E-state index < -0.39 is 57.5 Å². The third-order valence-electron chi connectivity index (χ3n) is 7.42. The third-order valence-corrected chi connectivity index (χ3v) is 9.73. The minimum atomic E-state index is -5.19. The van der Waals surface area contributed by atoms with E-state index in [2.05, 4.69) is 0 Å². The van der Waals surface area contributed by atoms with Crippen LogP contribution >= 0.6 is 0 Å². The highest BCUT2D eigenvalue weighted by Crippen LogP contribution is 2.54. The first-order valence-corrected chi connectivity index (χ1v) is 15.0. The lowest BCUT2D eigenvalue weighted by Crippen LogP contribution is -2.62. The highest BCUT2D eigenvalue weighted by Gasteiger charge is 2.67. The number of halogens is 6. The molecule has 0 saturated heterocycles. The number of carbonyl (C=O) groups is 1. The minimum absolute atomic E-state index is 0.0197. The number of alkyl halides is 6. The summed E-state index contributed by atoms with van der Waals surface area (Å²) in [5.74, 6) is -1.10. The number of sulfonamides is 1. The molecule has 230 valence electrons. The van der Waals surface area contributed by atoms with Gasteiger partial charge in [-0.05, 0) is 73.1 Å². The number of hydrogen-bond donors (Lipinski definition) is 0. The number of carbonyl (C=O) groups excluding carboxylic acids is 1. The molecule has 0 bridgehead atoms. The van der Waals surface area contributed by atoms with E-state index in [-0.39, 0.29) is 47.9 Å². The molecule has 4 rings (SSSR count). The predicted molar refractivity (Wildman–Crippen MR) is 146 cm³/mol. The van der Waals surface area contributed by atoms with E-state index in [1.807, 2.05) is 0 Å². The second-order valence-corrected chi connectivity index (χ2v) is 12.9. The van der Waals surface area contributed by atoms with Gasteiger partial charge in [0, 0.05) is 38.7 Å². The molecule has 2 aromatic rings. The van der Waals surface area contributed by atoms with Crippen molar-refractivity contribution in [3.63, 3.8) is 0 Å². The number of anilines is 1. The lowest BCUT2D eigenvalue weighted by atomic mass is 9.78. The van der Waals surface area contributed by atoms with Gasteiger partial charge in [-0.3, -0.25) is 4.79 Å². The molecule has 1 aliphatic heterocycles. The molecule has 6 nitrogen and oxygen atoms in total. The Morgan fingerprint density at radius 2 is 1.55 bits per heavy atom. The minimum Gasteiger partial charge on any atom is -0.494 e. The van der Waals surface area contributed by atoms with Gasteiger partial charge in [-0.2, -0.15) is 26.3 Å². The Bertz CT molecular complexity index is 1400. The van der Waals surface area contributed by atoms with Crippen LogP contribution in [0.3, 0.4) is 0 Å². The molecule has 1 atom stereocenters. The Morgan fingerprint density at radius 1 is 0.929 bits per heavy atom. The molecule has 1 heterocycles. The number of unbranched alkanes of at least 4 members (excludes halogenated alkanes) is 2. The second-order valence-electron chi connectivity index (χ2n) is 10.8. The number of nitrogens with zero attached hydrogens (tertiary/aromatic N) is 2. The van der Waals surface area contributed by atoms with Gasteiger partial charge in [0.15, 0.2) is 5.54 Å². The van der Waals surface area contributed by atoms with Crippen molar-refractivity contribution in [3.05, 3.63) is 65.7 Å². The van der Waals surface area contributed by atoms with Crippen molar-refractivity contribution < 1.29 is 44.3 Å². The van der Waals surface area contributed by atoms with Crippen LogP contribution in [0.15, 0.2) is 54.6 Å². The summed E-state index contributed by atoms with van der Waals surface area (Å²) in [7, 11) is -1.04. The average molecular weight is 619 g/mol. The average Bonchev–Trinajstić information content (AvgIpc) is 3.76. The van der Waals surface area contributed by atoms with Crippen molar-refractivity contribution in [2.45, 2.75) is 68.1 Å². The monoisotopic (exact) mass is 618 g/mol. The molecule has 1 aliphatic carbocycles. The summed E-state index contributed by atoms with van der Waals surface area (Å²) < 4.78 is 115. The summed E-state index contributed by atoms with van der Waals surface area (Å²) in [6.45, 7) is 0.0537. The lowest BCUT2D eigenvalue weighted by molar-refractivity contribution is -0.221. The first kappa shape index (κ1) is 31.7. The Labute approximate surface area is 241 Å². The summed E-state index contributed by atoms with van der Waals surface area (Å²) in [6.07, 6.45) is -9.35. The molecule has 13 heteroatoms. The fourth-order valence-corrected chi connectivity index (χ4v) is 7.07. The van der Waals surface area contributed by atoms with Crippen molar-refractivity contribution in [2.24, 2.45) is 0 Å². The fourth-order valence-electron chi connectivity index (χ4n) is 5.03. The van der Waals surface area contributed by atoms with E-state index in [9.17, 15) is 26.4 Å². The van der Waals surface area contributed by atoms with E-state index in [0.717, 1.165) is 23.9 Å². The molecule has 1 fully saturated rings. The first-order valence-electron chi connectivity index (χ1n) is 13.5. The van der Waals surface area contributed by atoms with Crippen LogP contribution in [0, 0.1) is 0 Å². The van der Waals surface area contributed by atoms with Gasteiger partial charge in [0.05, 0.1) is 11.9 Å². The topological polar surface area (TPSA) is 66.9 Å². The maximum absolute atomic E-state index is 15.3. The smallest absolute Gasteiger partial charge is 0.417 e. The zero-order valence-corrected chi connectivity index (χ0v) is 24.0. The van der Waals surface area contributed by atoms with Gasteiger partial charge in [-0.15, -0.1) is 0 Å². The van der Waals surface area contributed by atoms with Gasteiger partial charge in [0.25, 0.3) is 5.91 Å². The normalized spacial score (nSPS) is 20.0. The summed E-state index contributed by atoms with van der Waals surface area (Å²) in [5.41, 5.74) is -2.45. The van der Waals surface area contributed by atoms with E-state index >= 15 is 13.2 Å². The zero-order valence-electron chi connectivity index (χ0n) is 23.1. The highest BCUT2D eigenvalue weighted by molar-refractivity contribution is 7.90.